The van der Waals surface area contributed by atoms with Crippen molar-refractivity contribution in [3.63, 3.8) is 0 Å². The van der Waals surface area contributed by atoms with Gasteiger partial charge >= 0.3 is 11.9 Å². The molecule has 0 saturated heterocycles. The van der Waals surface area contributed by atoms with Gasteiger partial charge in [-0.1, -0.05) is 12.1 Å². The SMILES string of the molecule is NCC(=O)NC(CCC(=O)O)C(=O)NC(Cc1ccc(O)cc1)C(=O)NC(Cc1cnc[nH]1)C(=O)O. The lowest BCUT2D eigenvalue weighted by Crippen LogP contribution is -2.57. The number of phenols is 1. The van der Waals surface area contributed by atoms with Gasteiger partial charge in [0.25, 0.3) is 0 Å². The number of aromatic amines is 1. The van der Waals surface area contributed by atoms with Crippen LogP contribution in [-0.2, 0) is 36.8 Å². The average Bonchev–Trinajstić information content (AvgIpc) is 3.34. The Hall–Kier alpha value is -4.46. The standard InChI is InChI=1S/C22H28N6O8/c23-9-18(30)26-15(5-6-19(31)32)20(33)27-16(7-12-1-3-14(29)4-2-12)21(34)28-17(22(35)36)8-13-10-24-11-25-13/h1-4,10-11,15-17,29H,5-9,23H2,(H,24,25)(H,26,30)(H,27,33)(H,28,34)(H,31,32)(H,35,36). The van der Waals surface area contributed by atoms with E-state index in [4.69, 9.17) is 10.8 Å². The number of carboxylic acids is 2. The molecule has 3 amide bonds. The first-order valence-corrected chi connectivity index (χ1v) is 10.9. The van der Waals surface area contributed by atoms with Crippen LogP contribution in [0.5, 0.6) is 5.75 Å². The Morgan fingerprint density at radius 2 is 1.56 bits per heavy atom. The van der Waals surface area contributed by atoms with Crippen LogP contribution in [0.15, 0.2) is 36.8 Å². The summed E-state index contributed by atoms with van der Waals surface area (Å²) in [6.07, 6.45) is 1.86. The highest BCUT2D eigenvalue weighted by Gasteiger charge is 2.30. The molecule has 0 saturated carbocycles. The number of rotatable bonds is 14. The van der Waals surface area contributed by atoms with Gasteiger partial charge in [-0.25, -0.2) is 9.78 Å². The Balaban J connectivity index is 2.24. The van der Waals surface area contributed by atoms with Crippen LogP contribution in [0, 0.1) is 0 Å². The van der Waals surface area contributed by atoms with E-state index in [2.05, 4.69) is 25.9 Å². The number of hydrogen-bond acceptors (Lipinski definition) is 8. The number of aliphatic carboxylic acids is 2. The van der Waals surface area contributed by atoms with Crippen molar-refractivity contribution in [2.24, 2.45) is 5.73 Å². The maximum absolute atomic E-state index is 13.1. The van der Waals surface area contributed by atoms with Crippen molar-refractivity contribution in [1.82, 2.24) is 25.9 Å². The maximum atomic E-state index is 13.1. The van der Waals surface area contributed by atoms with E-state index in [1.54, 1.807) is 0 Å². The number of benzene rings is 1. The third-order valence-electron chi connectivity index (χ3n) is 5.09. The van der Waals surface area contributed by atoms with Gasteiger partial charge in [-0.3, -0.25) is 19.2 Å². The highest BCUT2D eigenvalue weighted by molar-refractivity contribution is 5.94. The van der Waals surface area contributed by atoms with Crippen LogP contribution >= 0.6 is 0 Å². The largest absolute Gasteiger partial charge is 0.508 e. The van der Waals surface area contributed by atoms with Gasteiger partial charge in [-0.15, -0.1) is 0 Å². The Morgan fingerprint density at radius 3 is 2.11 bits per heavy atom. The molecule has 194 valence electrons. The summed E-state index contributed by atoms with van der Waals surface area (Å²) in [5, 5.41) is 35.2. The minimum absolute atomic E-state index is 0.0208. The molecule has 36 heavy (non-hydrogen) atoms. The number of phenolic OH excluding ortho intramolecular Hbond substituents is 1. The number of hydrogen-bond donors (Lipinski definition) is 8. The van der Waals surface area contributed by atoms with E-state index in [0.29, 0.717) is 11.3 Å². The van der Waals surface area contributed by atoms with E-state index >= 15 is 0 Å². The molecule has 2 aromatic rings. The third-order valence-corrected chi connectivity index (χ3v) is 5.09. The highest BCUT2D eigenvalue weighted by Crippen LogP contribution is 2.12. The molecule has 1 aromatic carbocycles. The number of aromatic nitrogens is 2. The Labute approximate surface area is 205 Å². The predicted octanol–water partition coefficient (Wildman–Crippen LogP) is -1.74. The normalized spacial score (nSPS) is 13.1. The zero-order valence-corrected chi connectivity index (χ0v) is 19.1. The number of carbonyl (C=O) groups excluding carboxylic acids is 3. The van der Waals surface area contributed by atoms with Crippen LogP contribution < -0.4 is 21.7 Å². The molecule has 0 aliphatic carbocycles. The van der Waals surface area contributed by atoms with Gasteiger partial charge < -0.3 is 42.0 Å². The van der Waals surface area contributed by atoms with Crippen LogP contribution in [0.1, 0.15) is 24.1 Å². The first-order chi connectivity index (χ1) is 17.1. The highest BCUT2D eigenvalue weighted by atomic mass is 16.4. The quantitative estimate of drug-likeness (QED) is 0.144. The van der Waals surface area contributed by atoms with E-state index in [9.17, 15) is 34.2 Å². The fourth-order valence-corrected chi connectivity index (χ4v) is 3.23. The molecule has 3 unspecified atom stereocenters. The zero-order valence-electron chi connectivity index (χ0n) is 19.1. The Morgan fingerprint density at radius 1 is 0.917 bits per heavy atom. The van der Waals surface area contributed by atoms with Crippen molar-refractivity contribution in [3.05, 3.63) is 48.0 Å². The number of nitrogens with two attached hydrogens (primary N) is 1. The number of H-pyrrole nitrogens is 1. The van der Waals surface area contributed by atoms with E-state index in [1.165, 1.54) is 36.8 Å². The van der Waals surface area contributed by atoms with Gasteiger partial charge in [0.05, 0.1) is 12.9 Å². The van der Waals surface area contributed by atoms with Crippen molar-refractivity contribution >= 4 is 29.7 Å². The van der Waals surface area contributed by atoms with Crippen molar-refractivity contribution < 1.29 is 39.3 Å². The molecule has 0 spiro atoms. The van der Waals surface area contributed by atoms with Crippen LogP contribution in [0.2, 0.25) is 0 Å². The molecule has 0 aliphatic heterocycles. The number of amides is 3. The summed E-state index contributed by atoms with van der Waals surface area (Å²) in [4.78, 5) is 67.0. The van der Waals surface area contributed by atoms with E-state index in [-0.39, 0.29) is 25.0 Å². The smallest absolute Gasteiger partial charge is 0.326 e. The molecular weight excluding hydrogens is 476 g/mol. The number of aromatic hydroxyl groups is 1. The molecule has 1 heterocycles. The monoisotopic (exact) mass is 504 g/mol. The summed E-state index contributed by atoms with van der Waals surface area (Å²) in [5.41, 5.74) is 6.26. The molecular formula is C22H28N6O8. The zero-order chi connectivity index (χ0) is 26.7. The molecule has 1 aromatic heterocycles. The van der Waals surface area contributed by atoms with Crippen LogP contribution in [0.25, 0.3) is 0 Å². The number of carboxylic acid groups (broad SMARTS) is 2. The van der Waals surface area contributed by atoms with E-state index in [1.807, 2.05) is 0 Å². The molecule has 0 bridgehead atoms. The second kappa shape index (κ2) is 13.4. The molecule has 3 atom stereocenters. The number of nitrogens with one attached hydrogen (secondary N) is 4. The van der Waals surface area contributed by atoms with E-state index in [0.717, 1.165) is 0 Å². The molecule has 0 fully saturated rings. The van der Waals surface area contributed by atoms with Gasteiger partial charge in [0.1, 0.15) is 23.9 Å². The fourth-order valence-electron chi connectivity index (χ4n) is 3.23. The lowest BCUT2D eigenvalue weighted by molar-refractivity contribution is -0.142. The average molecular weight is 505 g/mol. The number of nitrogens with zero attached hydrogens (tertiary/aromatic N) is 1. The molecule has 14 nitrogen and oxygen atoms in total. The fraction of sp³-hybridized carbons (Fsp3) is 0.364. The minimum atomic E-state index is -1.35. The Kier molecular flexibility index (Phi) is 10.4. The summed E-state index contributed by atoms with van der Waals surface area (Å²) < 4.78 is 0. The molecule has 0 aliphatic rings. The van der Waals surface area contributed by atoms with Crippen molar-refractivity contribution in [1.29, 1.82) is 0 Å². The van der Waals surface area contributed by atoms with E-state index < -0.39 is 60.8 Å². The molecule has 9 N–H and O–H groups in total. The summed E-state index contributed by atoms with van der Waals surface area (Å²) in [6, 6.07) is 1.83. The minimum Gasteiger partial charge on any atom is -0.508 e. The van der Waals surface area contributed by atoms with Crippen LogP contribution in [0.4, 0.5) is 0 Å². The maximum Gasteiger partial charge on any atom is 0.326 e. The second-order valence-corrected chi connectivity index (χ2v) is 7.87. The van der Waals surface area contributed by atoms with Crippen LogP contribution in [-0.4, -0.2) is 79.6 Å². The van der Waals surface area contributed by atoms with Gasteiger partial charge in [0.2, 0.25) is 17.7 Å². The molecule has 14 heteroatoms. The topological polar surface area (TPSA) is 237 Å². The lowest BCUT2D eigenvalue weighted by Gasteiger charge is -2.24. The summed E-state index contributed by atoms with van der Waals surface area (Å²) >= 11 is 0. The summed E-state index contributed by atoms with van der Waals surface area (Å²) in [5.74, 6) is -4.92. The van der Waals surface area contributed by atoms with Gasteiger partial charge in [-0.2, -0.15) is 0 Å². The number of carbonyl (C=O) groups is 5. The second-order valence-electron chi connectivity index (χ2n) is 7.87. The summed E-state index contributed by atoms with van der Waals surface area (Å²) in [6.45, 7) is -0.442. The van der Waals surface area contributed by atoms with Gasteiger partial charge in [-0.05, 0) is 24.1 Å². The first kappa shape index (κ1) is 27.8. The third kappa shape index (κ3) is 9.06. The number of imidazole rings is 1. The molecule has 0 radical (unpaired) electrons. The van der Waals surface area contributed by atoms with Crippen molar-refractivity contribution in [2.75, 3.05) is 6.54 Å². The predicted molar refractivity (Wildman–Crippen MR) is 123 cm³/mol. The summed E-state index contributed by atoms with van der Waals surface area (Å²) in [7, 11) is 0. The van der Waals surface area contributed by atoms with Crippen molar-refractivity contribution in [2.45, 2.75) is 43.8 Å². The van der Waals surface area contributed by atoms with Crippen LogP contribution in [0.3, 0.4) is 0 Å². The van der Waals surface area contributed by atoms with Gasteiger partial charge in [0, 0.05) is 31.2 Å². The van der Waals surface area contributed by atoms with Gasteiger partial charge in [0.15, 0.2) is 0 Å². The lowest BCUT2D eigenvalue weighted by atomic mass is 10.0. The first-order valence-electron chi connectivity index (χ1n) is 10.9. The van der Waals surface area contributed by atoms with Crippen molar-refractivity contribution in [3.8, 4) is 5.75 Å². The Bertz CT molecular complexity index is 1060. The molecule has 2 rings (SSSR count).